The molecule has 0 bridgehead atoms. The molecular weight excluding hydrogens is 240 g/mol. The van der Waals surface area contributed by atoms with Gasteiger partial charge in [0.05, 0.1) is 0 Å². The molecule has 19 heavy (non-hydrogen) atoms. The van der Waals surface area contributed by atoms with Crippen molar-refractivity contribution in [2.24, 2.45) is 0 Å². The van der Waals surface area contributed by atoms with Gasteiger partial charge in [0.15, 0.2) is 5.82 Å². The van der Waals surface area contributed by atoms with Crippen molar-refractivity contribution in [3.8, 4) is 0 Å². The Hall–Kier alpha value is -1.62. The average Bonchev–Trinajstić information content (AvgIpc) is 3.05. The van der Waals surface area contributed by atoms with E-state index in [4.69, 9.17) is 4.52 Å². The Morgan fingerprint density at radius 2 is 2.26 bits per heavy atom. The first-order chi connectivity index (χ1) is 9.24. The lowest BCUT2D eigenvalue weighted by Crippen LogP contribution is -2.22. The number of hydrogen-bond donors (Lipinski definition) is 1. The van der Waals surface area contributed by atoms with Crippen molar-refractivity contribution in [1.82, 2.24) is 20.0 Å². The van der Waals surface area contributed by atoms with E-state index < -0.39 is 0 Å². The molecule has 0 aliphatic heterocycles. The number of nitrogens with zero attached hydrogens (tertiary/aromatic N) is 3. The fourth-order valence-electron chi connectivity index (χ4n) is 2.07. The van der Waals surface area contributed by atoms with Crippen molar-refractivity contribution in [2.45, 2.75) is 46.2 Å². The van der Waals surface area contributed by atoms with Crippen LogP contribution in [0.1, 0.15) is 50.6 Å². The van der Waals surface area contributed by atoms with Gasteiger partial charge in [0.25, 0.3) is 0 Å². The van der Waals surface area contributed by atoms with Gasteiger partial charge < -0.3 is 14.4 Å². The smallest absolute Gasteiger partial charge is 0.246 e. The Labute approximate surface area is 114 Å². The maximum atomic E-state index is 5.24. The van der Waals surface area contributed by atoms with E-state index in [1.807, 2.05) is 6.92 Å². The van der Waals surface area contributed by atoms with Crippen LogP contribution >= 0.6 is 0 Å². The lowest BCUT2D eigenvalue weighted by Gasteiger charge is -2.15. The van der Waals surface area contributed by atoms with Crippen molar-refractivity contribution in [3.05, 3.63) is 35.7 Å². The molecule has 0 radical (unpaired) electrons. The first-order valence-corrected chi connectivity index (χ1v) is 6.94. The van der Waals surface area contributed by atoms with Crippen molar-refractivity contribution >= 4 is 0 Å². The summed E-state index contributed by atoms with van der Waals surface area (Å²) in [6, 6.07) is 4.50. The van der Waals surface area contributed by atoms with Crippen LogP contribution in [0.25, 0.3) is 0 Å². The maximum Gasteiger partial charge on any atom is 0.246 e. The topological polar surface area (TPSA) is 55.9 Å². The van der Waals surface area contributed by atoms with Crippen LogP contribution in [0.5, 0.6) is 0 Å². The van der Waals surface area contributed by atoms with Crippen LogP contribution in [0.2, 0.25) is 0 Å². The monoisotopic (exact) mass is 262 g/mol. The second-order valence-corrected chi connectivity index (χ2v) is 4.69. The molecule has 1 atom stereocenters. The van der Waals surface area contributed by atoms with E-state index in [-0.39, 0.29) is 0 Å². The highest BCUT2D eigenvalue weighted by atomic mass is 16.5. The Morgan fingerprint density at radius 1 is 1.42 bits per heavy atom. The van der Waals surface area contributed by atoms with Crippen LogP contribution in [0.4, 0.5) is 0 Å². The molecule has 0 aromatic carbocycles. The van der Waals surface area contributed by atoms with E-state index in [0.717, 1.165) is 25.2 Å². The van der Waals surface area contributed by atoms with E-state index in [1.165, 1.54) is 5.69 Å². The van der Waals surface area contributed by atoms with Crippen molar-refractivity contribution in [1.29, 1.82) is 0 Å². The minimum absolute atomic E-state index is 0.323. The molecule has 0 fully saturated rings. The van der Waals surface area contributed by atoms with Crippen LogP contribution in [-0.2, 0) is 13.0 Å². The summed E-state index contributed by atoms with van der Waals surface area (Å²) in [4.78, 5) is 4.35. The first kappa shape index (κ1) is 13.8. The van der Waals surface area contributed by atoms with E-state index in [0.29, 0.717) is 18.5 Å². The van der Waals surface area contributed by atoms with Gasteiger partial charge in [0.1, 0.15) is 6.54 Å². The fraction of sp³-hybridized carbons (Fsp3) is 0.571. The molecule has 0 spiro atoms. The van der Waals surface area contributed by atoms with E-state index >= 15 is 0 Å². The third-order valence-corrected chi connectivity index (χ3v) is 3.14. The summed E-state index contributed by atoms with van der Waals surface area (Å²) in [6.45, 7) is 8.02. The highest BCUT2D eigenvalue weighted by molar-refractivity contribution is 5.12. The second-order valence-electron chi connectivity index (χ2n) is 4.69. The summed E-state index contributed by atoms with van der Waals surface area (Å²) >= 11 is 0. The van der Waals surface area contributed by atoms with E-state index in [2.05, 4.69) is 52.2 Å². The Bertz CT molecular complexity index is 503. The summed E-state index contributed by atoms with van der Waals surface area (Å²) in [6.07, 6.45) is 3.99. The summed E-state index contributed by atoms with van der Waals surface area (Å²) in [5.74, 6) is 1.43. The zero-order valence-electron chi connectivity index (χ0n) is 11.9. The van der Waals surface area contributed by atoms with Crippen LogP contribution in [0.3, 0.4) is 0 Å². The van der Waals surface area contributed by atoms with Gasteiger partial charge in [-0.15, -0.1) is 0 Å². The van der Waals surface area contributed by atoms with Gasteiger partial charge in [-0.3, -0.25) is 0 Å². The van der Waals surface area contributed by atoms with Crippen LogP contribution in [-0.4, -0.2) is 21.3 Å². The molecule has 0 aliphatic rings. The molecule has 0 amide bonds. The number of aromatic nitrogens is 3. The van der Waals surface area contributed by atoms with Gasteiger partial charge in [-0.2, -0.15) is 4.98 Å². The van der Waals surface area contributed by atoms with Crippen molar-refractivity contribution in [2.75, 3.05) is 6.54 Å². The molecule has 5 nitrogen and oxygen atoms in total. The fourth-order valence-corrected chi connectivity index (χ4v) is 2.07. The summed E-state index contributed by atoms with van der Waals surface area (Å²) in [5, 5.41) is 7.41. The molecular formula is C14H22N4O. The molecule has 1 N–H and O–H groups in total. The Balaban J connectivity index is 2.06. The second kappa shape index (κ2) is 6.52. The predicted molar refractivity (Wildman–Crippen MR) is 73.9 cm³/mol. The quantitative estimate of drug-likeness (QED) is 0.833. The predicted octanol–water partition coefficient (Wildman–Crippen LogP) is 2.54. The van der Waals surface area contributed by atoms with Crippen LogP contribution in [0, 0.1) is 0 Å². The van der Waals surface area contributed by atoms with E-state index in [1.54, 1.807) is 0 Å². The third kappa shape index (κ3) is 3.44. The van der Waals surface area contributed by atoms with Crippen LogP contribution < -0.4 is 5.32 Å². The molecule has 2 aromatic heterocycles. The number of aryl methyl sites for hydroxylation is 1. The molecule has 2 heterocycles. The lowest BCUT2D eigenvalue weighted by atomic mass is 10.2. The standard InChI is InChI=1S/C14H22N4O/c1-4-8-15-11(3)12-7-6-9-18(12)10-14-16-13(5-2)17-19-14/h6-7,9,11,15H,4-5,8,10H2,1-3H3. The number of nitrogens with one attached hydrogen (secondary N) is 1. The van der Waals surface area contributed by atoms with Gasteiger partial charge in [0.2, 0.25) is 5.89 Å². The Morgan fingerprint density at radius 3 is 2.95 bits per heavy atom. The summed E-state index contributed by atoms with van der Waals surface area (Å²) in [7, 11) is 0. The zero-order chi connectivity index (χ0) is 13.7. The average molecular weight is 262 g/mol. The Kier molecular flexibility index (Phi) is 4.74. The highest BCUT2D eigenvalue weighted by Crippen LogP contribution is 2.15. The molecule has 2 aromatic rings. The maximum absolute atomic E-state index is 5.24. The molecule has 5 heteroatoms. The van der Waals surface area contributed by atoms with Gasteiger partial charge in [-0.1, -0.05) is 19.0 Å². The molecule has 1 unspecified atom stereocenters. The molecule has 0 aliphatic carbocycles. The molecule has 0 saturated carbocycles. The lowest BCUT2D eigenvalue weighted by molar-refractivity contribution is 0.363. The van der Waals surface area contributed by atoms with Crippen molar-refractivity contribution in [3.63, 3.8) is 0 Å². The molecule has 2 rings (SSSR count). The highest BCUT2D eigenvalue weighted by Gasteiger charge is 2.12. The SMILES string of the molecule is CCCNC(C)c1cccn1Cc1nc(CC)no1. The molecule has 104 valence electrons. The number of hydrogen-bond acceptors (Lipinski definition) is 4. The minimum Gasteiger partial charge on any atom is -0.341 e. The minimum atomic E-state index is 0.323. The largest absolute Gasteiger partial charge is 0.341 e. The summed E-state index contributed by atoms with van der Waals surface area (Å²) in [5.41, 5.74) is 1.24. The van der Waals surface area contributed by atoms with Gasteiger partial charge in [0, 0.05) is 24.4 Å². The van der Waals surface area contributed by atoms with Gasteiger partial charge in [-0.05, 0) is 32.0 Å². The van der Waals surface area contributed by atoms with Gasteiger partial charge in [-0.25, -0.2) is 0 Å². The van der Waals surface area contributed by atoms with Crippen LogP contribution in [0.15, 0.2) is 22.9 Å². The first-order valence-electron chi connectivity index (χ1n) is 6.94. The number of rotatable bonds is 7. The van der Waals surface area contributed by atoms with Crippen molar-refractivity contribution < 1.29 is 4.52 Å². The molecule has 0 saturated heterocycles. The zero-order valence-corrected chi connectivity index (χ0v) is 11.9. The normalized spacial score (nSPS) is 12.8. The third-order valence-electron chi connectivity index (χ3n) is 3.14. The summed E-state index contributed by atoms with van der Waals surface area (Å²) < 4.78 is 7.40. The van der Waals surface area contributed by atoms with Gasteiger partial charge >= 0.3 is 0 Å². The van der Waals surface area contributed by atoms with E-state index in [9.17, 15) is 0 Å².